The lowest BCUT2D eigenvalue weighted by molar-refractivity contribution is -0.137. The number of amides is 4. The summed E-state index contributed by atoms with van der Waals surface area (Å²) in [4.78, 5) is 53.7. The van der Waals surface area contributed by atoms with Crippen LogP contribution in [0.1, 0.15) is 12.5 Å². The lowest BCUT2D eigenvalue weighted by Crippen LogP contribution is -2.60. The van der Waals surface area contributed by atoms with Crippen molar-refractivity contribution in [1.82, 2.24) is 10.6 Å². The Morgan fingerprint density at radius 1 is 1.00 bits per heavy atom. The highest BCUT2D eigenvalue weighted by atomic mass is 19.1. The summed E-state index contributed by atoms with van der Waals surface area (Å²) in [6.07, 6.45) is -1.87. The molecule has 34 heavy (non-hydrogen) atoms. The molecule has 1 heterocycles. The van der Waals surface area contributed by atoms with E-state index in [1.54, 1.807) is 24.3 Å². The summed E-state index contributed by atoms with van der Waals surface area (Å²) in [5.41, 5.74) is 0.945. The Morgan fingerprint density at radius 2 is 1.50 bits per heavy atom. The molecule has 0 bridgehead atoms. The van der Waals surface area contributed by atoms with Gasteiger partial charge in [-0.1, -0.05) is 12.1 Å². The number of hydrogen-bond donors (Lipinski definition) is 3. The molecule has 9 nitrogen and oxygen atoms in total. The zero-order valence-electron chi connectivity index (χ0n) is 18.7. The molecule has 1 aliphatic rings. The fourth-order valence-corrected chi connectivity index (χ4v) is 3.65. The van der Waals surface area contributed by atoms with Crippen LogP contribution in [0, 0.1) is 11.6 Å². The third-order valence-electron chi connectivity index (χ3n) is 5.41. The molecule has 3 N–H and O–H groups in total. The molecule has 0 saturated carbocycles. The smallest absolute Gasteiger partial charge is 0.259 e. The van der Waals surface area contributed by atoms with Crippen molar-refractivity contribution in [3.63, 3.8) is 0 Å². The first kappa shape index (κ1) is 24.8. The minimum Gasteiger partial charge on any atom is -0.391 e. The lowest BCUT2D eigenvalue weighted by atomic mass is 10.1. The second kappa shape index (κ2) is 9.96. The Labute approximate surface area is 194 Å². The number of carbonyl (C=O) groups excluding carboxylic acids is 4. The number of fused-ring (bicyclic) bond motifs is 1. The van der Waals surface area contributed by atoms with E-state index >= 15 is 0 Å². The summed E-state index contributed by atoms with van der Waals surface area (Å²) in [6, 6.07) is 6.13. The number of aliphatic hydroxyl groups excluding tert-OH is 1. The van der Waals surface area contributed by atoms with Gasteiger partial charge in [-0.05, 0) is 36.8 Å². The number of carbonyl (C=O) groups is 4. The van der Waals surface area contributed by atoms with Gasteiger partial charge in [0.05, 0.1) is 23.9 Å². The number of hydrogen-bond acceptors (Lipinski definition) is 5. The number of nitrogens with zero attached hydrogens (tertiary/aromatic N) is 2. The maximum atomic E-state index is 13.4. The summed E-state index contributed by atoms with van der Waals surface area (Å²) >= 11 is 0. The first-order valence-corrected chi connectivity index (χ1v) is 10.4. The number of likely N-dealkylation sites (N-methyl/N-ethyl adjacent to an activating group) is 2. The van der Waals surface area contributed by atoms with E-state index in [0.717, 1.165) is 12.1 Å². The third kappa shape index (κ3) is 5.20. The van der Waals surface area contributed by atoms with E-state index in [2.05, 4.69) is 10.6 Å². The van der Waals surface area contributed by atoms with Crippen LogP contribution >= 0.6 is 0 Å². The number of benzene rings is 2. The van der Waals surface area contributed by atoms with Gasteiger partial charge < -0.3 is 25.5 Å². The van der Waals surface area contributed by atoms with E-state index < -0.39 is 59.9 Å². The minimum absolute atomic E-state index is 0.0230. The summed E-state index contributed by atoms with van der Waals surface area (Å²) in [5, 5.41) is 14.7. The zero-order valence-corrected chi connectivity index (χ0v) is 18.7. The van der Waals surface area contributed by atoms with Gasteiger partial charge in [-0.2, -0.15) is 0 Å². The molecule has 0 aromatic heterocycles. The molecule has 0 spiro atoms. The van der Waals surface area contributed by atoms with E-state index in [0.29, 0.717) is 17.4 Å². The second-order valence-electron chi connectivity index (χ2n) is 7.97. The van der Waals surface area contributed by atoms with Crippen LogP contribution in [0.4, 0.5) is 20.2 Å². The van der Waals surface area contributed by atoms with Gasteiger partial charge in [0.2, 0.25) is 11.8 Å². The average molecular weight is 474 g/mol. The maximum Gasteiger partial charge on any atom is 0.259 e. The van der Waals surface area contributed by atoms with Crippen LogP contribution in [-0.2, 0) is 25.6 Å². The fraction of sp³-hybridized carbons (Fsp3) is 0.304. The Morgan fingerprint density at radius 3 is 1.97 bits per heavy atom. The van der Waals surface area contributed by atoms with Crippen molar-refractivity contribution in [2.75, 3.05) is 23.9 Å². The number of nitrogens with one attached hydrogen (secondary N) is 2. The molecule has 0 radical (unpaired) electrons. The van der Waals surface area contributed by atoms with Crippen LogP contribution < -0.4 is 20.4 Å². The van der Waals surface area contributed by atoms with E-state index in [4.69, 9.17) is 0 Å². The first-order valence-electron chi connectivity index (χ1n) is 10.4. The molecular weight excluding hydrogens is 450 g/mol. The first-order chi connectivity index (χ1) is 16.0. The summed E-state index contributed by atoms with van der Waals surface area (Å²) < 4.78 is 26.8. The predicted octanol–water partition coefficient (Wildman–Crippen LogP) is 0.497. The third-order valence-corrected chi connectivity index (χ3v) is 5.41. The molecule has 180 valence electrons. The highest BCUT2D eigenvalue weighted by molar-refractivity contribution is 6.21. The van der Waals surface area contributed by atoms with Gasteiger partial charge in [0.1, 0.15) is 17.7 Å². The van der Waals surface area contributed by atoms with Crippen molar-refractivity contribution >= 4 is 35.0 Å². The van der Waals surface area contributed by atoms with Crippen molar-refractivity contribution in [2.45, 2.75) is 31.5 Å². The van der Waals surface area contributed by atoms with Gasteiger partial charge in [-0.15, -0.1) is 0 Å². The number of anilines is 2. The molecule has 1 aliphatic heterocycles. The van der Waals surface area contributed by atoms with Crippen molar-refractivity contribution < 1.29 is 33.1 Å². The molecule has 2 atom stereocenters. The minimum atomic E-state index is -1.61. The second-order valence-corrected chi connectivity index (χ2v) is 7.97. The largest absolute Gasteiger partial charge is 0.391 e. The van der Waals surface area contributed by atoms with E-state index in [1.165, 1.54) is 30.8 Å². The molecule has 0 aliphatic carbocycles. The van der Waals surface area contributed by atoms with Gasteiger partial charge in [-0.25, -0.2) is 8.78 Å². The number of rotatable bonds is 6. The van der Waals surface area contributed by atoms with E-state index in [1.807, 2.05) is 0 Å². The van der Waals surface area contributed by atoms with Crippen molar-refractivity contribution in [3.8, 4) is 0 Å². The summed E-state index contributed by atoms with van der Waals surface area (Å²) in [5.74, 6) is -4.93. The van der Waals surface area contributed by atoms with Gasteiger partial charge in [0.25, 0.3) is 11.8 Å². The fourth-order valence-electron chi connectivity index (χ4n) is 3.65. The number of aliphatic hydroxyl groups is 1. The van der Waals surface area contributed by atoms with Crippen LogP contribution in [0.5, 0.6) is 0 Å². The Hall–Kier alpha value is -3.86. The van der Waals surface area contributed by atoms with E-state index in [-0.39, 0.29) is 5.56 Å². The predicted molar refractivity (Wildman–Crippen MR) is 119 cm³/mol. The van der Waals surface area contributed by atoms with Gasteiger partial charge in [0, 0.05) is 20.2 Å². The lowest BCUT2D eigenvalue weighted by Gasteiger charge is -2.25. The number of halogens is 2. The Kier molecular flexibility index (Phi) is 7.26. The molecule has 11 heteroatoms. The van der Waals surface area contributed by atoms with Crippen molar-refractivity contribution in [2.24, 2.45) is 0 Å². The number of para-hydroxylation sites is 2. The standard InChI is InChI=1S/C23H24F2N4O5/c1-12(30)19(26-18(31)10-13-8-14(24)11-15(25)9-13)21(32)27-20-22(33)28(2)16-6-4-5-7-17(16)29(3)23(20)34/h4-9,11-12,19-20,30H,10H2,1-3H3,(H,26,31)(H,27,32)/t12-,19+/m1/s1. The van der Waals surface area contributed by atoms with Gasteiger partial charge in [-0.3, -0.25) is 19.2 Å². The topological polar surface area (TPSA) is 119 Å². The Balaban J connectivity index is 1.76. The van der Waals surface area contributed by atoms with Crippen LogP contribution in [0.25, 0.3) is 0 Å². The quantitative estimate of drug-likeness (QED) is 0.527. The normalized spacial score (nSPS) is 15.9. The summed E-state index contributed by atoms with van der Waals surface area (Å²) in [6.45, 7) is 1.23. The van der Waals surface area contributed by atoms with Gasteiger partial charge in [0.15, 0.2) is 6.04 Å². The molecule has 0 unspecified atom stereocenters. The molecule has 0 saturated heterocycles. The zero-order chi connectivity index (χ0) is 25.2. The molecule has 4 amide bonds. The molecule has 2 aromatic carbocycles. The van der Waals surface area contributed by atoms with E-state index in [9.17, 15) is 33.1 Å². The molecule has 0 fully saturated rings. The molecular formula is C23H24F2N4O5. The average Bonchev–Trinajstić information content (AvgIpc) is 2.83. The SMILES string of the molecule is C[C@@H](O)[C@H](NC(=O)Cc1cc(F)cc(F)c1)C(=O)NC1C(=O)N(C)c2ccccc2N(C)C1=O. The molecule has 3 rings (SSSR count). The van der Waals surface area contributed by atoms with Crippen molar-refractivity contribution in [1.29, 1.82) is 0 Å². The Bertz CT molecular complexity index is 1080. The van der Waals surface area contributed by atoms with Gasteiger partial charge >= 0.3 is 0 Å². The monoisotopic (exact) mass is 474 g/mol. The molecule has 2 aromatic rings. The van der Waals surface area contributed by atoms with Crippen LogP contribution in [-0.4, -0.2) is 61.0 Å². The maximum absolute atomic E-state index is 13.4. The summed E-state index contributed by atoms with van der Waals surface area (Å²) in [7, 11) is 2.91. The van der Waals surface area contributed by atoms with Crippen LogP contribution in [0.15, 0.2) is 42.5 Å². The highest BCUT2D eigenvalue weighted by Crippen LogP contribution is 2.31. The van der Waals surface area contributed by atoms with Crippen molar-refractivity contribution in [3.05, 3.63) is 59.7 Å². The van der Waals surface area contributed by atoms with Crippen LogP contribution in [0.3, 0.4) is 0 Å². The highest BCUT2D eigenvalue weighted by Gasteiger charge is 2.40. The van der Waals surface area contributed by atoms with Crippen LogP contribution in [0.2, 0.25) is 0 Å².